The van der Waals surface area contributed by atoms with Gasteiger partial charge in [0, 0.05) is 19.5 Å². The van der Waals surface area contributed by atoms with Crippen molar-refractivity contribution in [2.75, 3.05) is 13.1 Å². The summed E-state index contributed by atoms with van der Waals surface area (Å²) < 4.78 is 11.4. The van der Waals surface area contributed by atoms with E-state index in [0.717, 1.165) is 36.4 Å². The molecule has 1 aromatic carbocycles. The van der Waals surface area contributed by atoms with Crippen molar-refractivity contribution in [3.63, 3.8) is 0 Å². The van der Waals surface area contributed by atoms with E-state index < -0.39 is 0 Å². The molecule has 0 saturated carbocycles. The highest BCUT2D eigenvalue weighted by atomic mass is 16.5. The molecule has 2 heterocycles. The molecule has 1 aromatic heterocycles. The van der Waals surface area contributed by atoms with E-state index >= 15 is 0 Å². The van der Waals surface area contributed by atoms with Gasteiger partial charge in [0.2, 0.25) is 0 Å². The lowest BCUT2D eigenvalue weighted by atomic mass is 10.1. The summed E-state index contributed by atoms with van der Waals surface area (Å²) in [6, 6.07) is 5.82. The van der Waals surface area contributed by atoms with Gasteiger partial charge in [0.15, 0.2) is 11.5 Å². The summed E-state index contributed by atoms with van der Waals surface area (Å²) in [7, 11) is 0. The van der Waals surface area contributed by atoms with E-state index in [2.05, 4.69) is 10.3 Å². The minimum absolute atomic E-state index is 0.269. The fourth-order valence-corrected chi connectivity index (χ4v) is 2.21. The van der Waals surface area contributed by atoms with Crippen LogP contribution in [-0.2, 0) is 0 Å². The maximum absolute atomic E-state index is 5.92. The smallest absolute Gasteiger partial charge is 0.192 e. The number of aryl methyl sites for hydroxylation is 1. The molecule has 0 spiro atoms. The molecular formula is C13H16N2O2. The molecule has 4 nitrogen and oxygen atoms in total. The van der Waals surface area contributed by atoms with Crippen molar-refractivity contribution in [3.8, 4) is 5.75 Å². The van der Waals surface area contributed by atoms with Crippen molar-refractivity contribution in [1.82, 2.24) is 10.3 Å². The van der Waals surface area contributed by atoms with Crippen LogP contribution in [0.2, 0.25) is 0 Å². The van der Waals surface area contributed by atoms with E-state index in [0.29, 0.717) is 5.89 Å². The van der Waals surface area contributed by atoms with Crippen LogP contribution >= 0.6 is 0 Å². The maximum Gasteiger partial charge on any atom is 0.192 e. The molecule has 1 aliphatic heterocycles. The lowest BCUT2D eigenvalue weighted by Crippen LogP contribution is -2.37. The third-order valence-electron chi connectivity index (χ3n) is 3.02. The zero-order chi connectivity index (χ0) is 11.7. The summed E-state index contributed by atoms with van der Waals surface area (Å²) in [5, 5.41) is 3.34. The predicted octanol–water partition coefficient (Wildman–Crippen LogP) is 2.27. The molecule has 2 aromatic rings. The normalized spacial score (nSPS) is 20.6. The first-order valence-corrected chi connectivity index (χ1v) is 6.06. The lowest BCUT2D eigenvalue weighted by Gasteiger charge is -2.23. The number of fused-ring (bicyclic) bond motifs is 1. The SMILES string of the molecule is Cc1nc2ccc(OC3CCCNC3)cc2o1. The zero-order valence-electron chi connectivity index (χ0n) is 9.90. The molecule has 17 heavy (non-hydrogen) atoms. The predicted molar refractivity (Wildman–Crippen MR) is 65.3 cm³/mol. The average Bonchev–Trinajstić information content (AvgIpc) is 2.70. The number of hydrogen-bond acceptors (Lipinski definition) is 4. The topological polar surface area (TPSA) is 47.3 Å². The Morgan fingerprint density at radius 3 is 3.24 bits per heavy atom. The summed E-state index contributed by atoms with van der Waals surface area (Å²) in [6.07, 6.45) is 2.56. The second-order valence-electron chi connectivity index (χ2n) is 4.45. The van der Waals surface area contributed by atoms with Gasteiger partial charge in [-0.15, -0.1) is 0 Å². The number of nitrogens with zero attached hydrogens (tertiary/aromatic N) is 1. The van der Waals surface area contributed by atoms with Crippen LogP contribution in [0.1, 0.15) is 18.7 Å². The van der Waals surface area contributed by atoms with E-state index in [1.807, 2.05) is 25.1 Å². The molecule has 1 atom stereocenters. The Labute approximate surface area is 100.0 Å². The summed E-state index contributed by atoms with van der Waals surface area (Å²) in [5.41, 5.74) is 1.68. The molecule has 0 aliphatic carbocycles. The van der Waals surface area contributed by atoms with Crippen molar-refractivity contribution in [1.29, 1.82) is 0 Å². The van der Waals surface area contributed by atoms with Crippen molar-refractivity contribution in [2.24, 2.45) is 0 Å². The van der Waals surface area contributed by atoms with E-state index in [-0.39, 0.29) is 6.10 Å². The molecule has 3 rings (SSSR count). The maximum atomic E-state index is 5.92. The molecular weight excluding hydrogens is 216 g/mol. The minimum atomic E-state index is 0.269. The van der Waals surface area contributed by atoms with E-state index in [9.17, 15) is 0 Å². The first-order chi connectivity index (χ1) is 8.31. The van der Waals surface area contributed by atoms with Crippen LogP contribution < -0.4 is 10.1 Å². The van der Waals surface area contributed by atoms with Crippen LogP contribution in [0.3, 0.4) is 0 Å². The van der Waals surface area contributed by atoms with Crippen LogP contribution in [0.5, 0.6) is 5.75 Å². The third-order valence-corrected chi connectivity index (χ3v) is 3.02. The summed E-state index contributed by atoms with van der Waals surface area (Å²) in [4.78, 5) is 4.27. The number of aromatic nitrogens is 1. The number of rotatable bonds is 2. The first-order valence-electron chi connectivity index (χ1n) is 6.06. The number of nitrogens with one attached hydrogen (secondary N) is 1. The Kier molecular flexibility index (Phi) is 2.73. The van der Waals surface area contributed by atoms with Gasteiger partial charge < -0.3 is 14.5 Å². The van der Waals surface area contributed by atoms with Crippen molar-refractivity contribution >= 4 is 11.1 Å². The number of oxazole rings is 1. The lowest BCUT2D eigenvalue weighted by molar-refractivity contribution is 0.167. The Morgan fingerprint density at radius 1 is 1.47 bits per heavy atom. The molecule has 0 bridgehead atoms. The average molecular weight is 232 g/mol. The van der Waals surface area contributed by atoms with Crippen LogP contribution in [0.4, 0.5) is 0 Å². The molecule has 1 fully saturated rings. The monoisotopic (exact) mass is 232 g/mol. The van der Waals surface area contributed by atoms with Crippen molar-refractivity contribution in [3.05, 3.63) is 24.1 Å². The Morgan fingerprint density at radius 2 is 2.41 bits per heavy atom. The molecule has 4 heteroatoms. The largest absolute Gasteiger partial charge is 0.489 e. The second-order valence-corrected chi connectivity index (χ2v) is 4.45. The molecule has 1 aliphatic rings. The fourth-order valence-electron chi connectivity index (χ4n) is 2.21. The van der Waals surface area contributed by atoms with Crippen molar-refractivity contribution < 1.29 is 9.15 Å². The molecule has 0 radical (unpaired) electrons. The van der Waals surface area contributed by atoms with Crippen LogP contribution in [0, 0.1) is 6.92 Å². The van der Waals surface area contributed by atoms with Gasteiger partial charge in [-0.2, -0.15) is 0 Å². The highest BCUT2D eigenvalue weighted by Gasteiger charge is 2.14. The van der Waals surface area contributed by atoms with Gasteiger partial charge in [-0.25, -0.2) is 4.98 Å². The molecule has 1 saturated heterocycles. The van der Waals surface area contributed by atoms with Crippen LogP contribution in [0.15, 0.2) is 22.6 Å². The number of hydrogen-bond donors (Lipinski definition) is 1. The Balaban J connectivity index is 1.79. The summed E-state index contributed by atoms with van der Waals surface area (Å²) >= 11 is 0. The van der Waals surface area contributed by atoms with E-state index in [4.69, 9.17) is 9.15 Å². The molecule has 1 unspecified atom stereocenters. The third kappa shape index (κ3) is 2.26. The van der Waals surface area contributed by atoms with Crippen LogP contribution in [0.25, 0.3) is 11.1 Å². The summed E-state index contributed by atoms with van der Waals surface area (Å²) in [6.45, 7) is 3.87. The molecule has 0 amide bonds. The highest BCUT2D eigenvalue weighted by molar-refractivity contribution is 5.74. The van der Waals surface area contributed by atoms with Gasteiger partial charge in [-0.1, -0.05) is 0 Å². The van der Waals surface area contributed by atoms with Gasteiger partial charge in [0.05, 0.1) is 0 Å². The molecule has 90 valence electrons. The number of ether oxygens (including phenoxy) is 1. The van der Waals surface area contributed by atoms with E-state index in [1.54, 1.807) is 0 Å². The number of piperidine rings is 1. The zero-order valence-corrected chi connectivity index (χ0v) is 9.90. The standard InChI is InChI=1S/C13H16N2O2/c1-9-15-12-5-4-10(7-13(12)16-9)17-11-3-2-6-14-8-11/h4-5,7,11,14H,2-3,6,8H2,1H3. The summed E-state index contributed by atoms with van der Waals surface area (Å²) in [5.74, 6) is 1.55. The van der Waals surface area contributed by atoms with Crippen LogP contribution in [-0.4, -0.2) is 24.2 Å². The second kappa shape index (κ2) is 4.37. The minimum Gasteiger partial charge on any atom is -0.489 e. The van der Waals surface area contributed by atoms with Gasteiger partial charge >= 0.3 is 0 Å². The van der Waals surface area contributed by atoms with Gasteiger partial charge in [-0.3, -0.25) is 0 Å². The first kappa shape index (κ1) is 10.6. The Hall–Kier alpha value is -1.55. The Bertz CT molecular complexity index is 515. The highest BCUT2D eigenvalue weighted by Crippen LogP contribution is 2.23. The van der Waals surface area contributed by atoms with Crippen molar-refractivity contribution in [2.45, 2.75) is 25.9 Å². The quantitative estimate of drug-likeness (QED) is 0.862. The van der Waals surface area contributed by atoms with Gasteiger partial charge in [0.25, 0.3) is 0 Å². The van der Waals surface area contributed by atoms with E-state index in [1.165, 1.54) is 6.42 Å². The number of benzene rings is 1. The fraction of sp³-hybridized carbons (Fsp3) is 0.462. The van der Waals surface area contributed by atoms with Gasteiger partial charge in [0.1, 0.15) is 17.4 Å². The van der Waals surface area contributed by atoms with Gasteiger partial charge in [-0.05, 0) is 31.5 Å². The molecule has 1 N–H and O–H groups in total.